The summed E-state index contributed by atoms with van der Waals surface area (Å²) in [7, 11) is 1.66. The van der Waals surface area contributed by atoms with Crippen LogP contribution in [-0.4, -0.2) is 24.4 Å². The largest absolute Gasteiger partial charge is 0.287 e. The van der Waals surface area contributed by atoms with Gasteiger partial charge in [-0.25, -0.2) is 5.43 Å². The molecule has 0 saturated carbocycles. The topological polar surface area (TPSA) is 24.5 Å². The van der Waals surface area contributed by atoms with Crippen molar-refractivity contribution in [2.45, 2.75) is 39.8 Å². The highest BCUT2D eigenvalue weighted by atomic mass is 16.7. The minimum absolute atomic E-state index is 0.368. The summed E-state index contributed by atoms with van der Waals surface area (Å²) in [4.78, 5) is 5.04. The molecule has 3 nitrogen and oxygen atoms in total. The molecule has 0 aliphatic carbocycles. The molecule has 62 valence electrons. The van der Waals surface area contributed by atoms with Crippen LogP contribution in [0.3, 0.4) is 0 Å². The molecule has 0 radical (unpaired) electrons. The molecule has 0 aromatic rings. The van der Waals surface area contributed by atoms with Gasteiger partial charge in [0.25, 0.3) is 0 Å². The van der Waals surface area contributed by atoms with Crippen LogP contribution in [-0.2, 0) is 4.84 Å². The van der Waals surface area contributed by atoms with E-state index in [1.54, 1.807) is 12.3 Å². The predicted molar refractivity (Wildman–Crippen MR) is 42.3 cm³/mol. The number of nitrogens with one attached hydrogen (secondary N) is 1. The number of hydroxylamine groups is 1. The second kappa shape index (κ2) is 4.66. The summed E-state index contributed by atoms with van der Waals surface area (Å²) in [5.41, 5.74) is 3.14. The van der Waals surface area contributed by atoms with Gasteiger partial charge in [-0.2, -0.15) is 0 Å². The van der Waals surface area contributed by atoms with Gasteiger partial charge in [0.1, 0.15) is 0 Å². The zero-order chi connectivity index (χ0) is 8.15. The number of nitrogens with zero attached hydrogens (tertiary/aromatic N) is 1. The first-order valence-electron chi connectivity index (χ1n) is 3.67. The van der Waals surface area contributed by atoms with Gasteiger partial charge in [-0.05, 0) is 27.7 Å². The monoisotopic (exact) mass is 146 g/mol. The van der Waals surface area contributed by atoms with Crippen molar-refractivity contribution >= 4 is 0 Å². The average Bonchev–Trinajstić information content (AvgIpc) is 1.81. The summed E-state index contributed by atoms with van der Waals surface area (Å²) in [6.07, 6.45) is 0. The summed E-state index contributed by atoms with van der Waals surface area (Å²) in [6.45, 7) is 8.29. The molecule has 0 spiro atoms. The Hall–Kier alpha value is -0.120. The second-order valence-corrected chi connectivity index (χ2v) is 2.89. The lowest BCUT2D eigenvalue weighted by atomic mass is 10.4. The van der Waals surface area contributed by atoms with Gasteiger partial charge in [0.2, 0.25) is 0 Å². The van der Waals surface area contributed by atoms with Crippen molar-refractivity contribution in [2.24, 2.45) is 0 Å². The third kappa shape index (κ3) is 3.82. The maximum absolute atomic E-state index is 5.04. The van der Waals surface area contributed by atoms with Crippen molar-refractivity contribution in [1.29, 1.82) is 0 Å². The van der Waals surface area contributed by atoms with Crippen molar-refractivity contribution in [2.75, 3.05) is 7.11 Å². The number of rotatable bonds is 4. The van der Waals surface area contributed by atoms with Crippen molar-refractivity contribution < 1.29 is 4.84 Å². The molecule has 0 heterocycles. The summed E-state index contributed by atoms with van der Waals surface area (Å²) in [5.74, 6) is 0. The predicted octanol–water partition coefficient (Wildman–Crippen LogP) is 1.17. The molecule has 0 unspecified atom stereocenters. The summed E-state index contributed by atoms with van der Waals surface area (Å²) in [5, 5.41) is 1.74. The Bertz CT molecular complexity index is 83.7. The molecule has 0 aliphatic heterocycles. The van der Waals surface area contributed by atoms with Crippen LogP contribution in [0.1, 0.15) is 27.7 Å². The highest BCUT2D eigenvalue weighted by molar-refractivity contribution is 4.50. The van der Waals surface area contributed by atoms with Gasteiger partial charge in [0.15, 0.2) is 0 Å². The third-order valence-corrected chi connectivity index (χ3v) is 1.05. The van der Waals surface area contributed by atoms with Gasteiger partial charge in [0, 0.05) is 12.1 Å². The van der Waals surface area contributed by atoms with E-state index in [1.165, 1.54) is 0 Å². The van der Waals surface area contributed by atoms with E-state index in [-0.39, 0.29) is 0 Å². The van der Waals surface area contributed by atoms with Crippen LogP contribution >= 0.6 is 0 Å². The van der Waals surface area contributed by atoms with E-state index in [9.17, 15) is 0 Å². The number of hydrogen-bond donors (Lipinski definition) is 1. The molecule has 0 atom stereocenters. The fourth-order valence-electron chi connectivity index (χ4n) is 0.667. The van der Waals surface area contributed by atoms with Gasteiger partial charge in [-0.3, -0.25) is 4.84 Å². The van der Waals surface area contributed by atoms with Crippen LogP contribution < -0.4 is 5.43 Å². The first-order valence-corrected chi connectivity index (χ1v) is 3.67. The lowest BCUT2D eigenvalue weighted by molar-refractivity contribution is -0.198. The number of hydrazine groups is 1. The standard InChI is InChI=1S/C7H18N2O/c1-6(2)8-9(10-5)7(3)4/h6-8H,1-5H3. The third-order valence-electron chi connectivity index (χ3n) is 1.05. The molecule has 0 aromatic heterocycles. The first-order chi connectivity index (χ1) is 4.57. The lowest BCUT2D eigenvalue weighted by Gasteiger charge is -2.26. The van der Waals surface area contributed by atoms with Crippen LogP contribution in [0, 0.1) is 0 Å². The summed E-state index contributed by atoms with van der Waals surface area (Å²) >= 11 is 0. The molecule has 0 fully saturated rings. The highest BCUT2D eigenvalue weighted by Crippen LogP contribution is 1.93. The quantitative estimate of drug-likeness (QED) is 0.602. The highest BCUT2D eigenvalue weighted by Gasteiger charge is 2.07. The van der Waals surface area contributed by atoms with E-state index in [0.717, 1.165) is 0 Å². The van der Waals surface area contributed by atoms with Gasteiger partial charge < -0.3 is 0 Å². The molecule has 0 amide bonds. The Kier molecular flexibility index (Phi) is 4.60. The van der Waals surface area contributed by atoms with Gasteiger partial charge in [-0.1, -0.05) is 0 Å². The van der Waals surface area contributed by atoms with Crippen molar-refractivity contribution in [3.05, 3.63) is 0 Å². The minimum Gasteiger partial charge on any atom is -0.287 e. The maximum atomic E-state index is 5.04. The van der Waals surface area contributed by atoms with Crippen LogP contribution in [0.4, 0.5) is 0 Å². The van der Waals surface area contributed by atoms with Crippen molar-refractivity contribution in [3.8, 4) is 0 Å². The van der Waals surface area contributed by atoms with Crippen LogP contribution in [0.5, 0.6) is 0 Å². The maximum Gasteiger partial charge on any atom is 0.0591 e. The van der Waals surface area contributed by atoms with Crippen LogP contribution in [0.15, 0.2) is 0 Å². The van der Waals surface area contributed by atoms with E-state index in [1.807, 2.05) is 0 Å². The Morgan fingerprint density at radius 1 is 1.20 bits per heavy atom. The lowest BCUT2D eigenvalue weighted by Crippen LogP contribution is -2.45. The summed E-state index contributed by atoms with van der Waals surface area (Å²) in [6, 6.07) is 0.787. The molecule has 0 bridgehead atoms. The zero-order valence-corrected chi connectivity index (χ0v) is 7.51. The Labute approximate surface area is 63.3 Å². The van der Waals surface area contributed by atoms with E-state index in [0.29, 0.717) is 12.1 Å². The Morgan fingerprint density at radius 2 is 1.70 bits per heavy atom. The van der Waals surface area contributed by atoms with E-state index < -0.39 is 0 Å². The van der Waals surface area contributed by atoms with E-state index in [2.05, 4.69) is 33.1 Å². The zero-order valence-electron chi connectivity index (χ0n) is 7.51. The normalized spacial score (nSPS) is 12.0. The molecule has 1 N–H and O–H groups in total. The molecule has 0 aliphatic rings. The number of hydrogen-bond acceptors (Lipinski definition) is 3. The fourth-order valence-corrected chi connectivity index (χ4v) is 0.667. The van der Waals surface area contributed by atoms with Crippen molar-refractivity contribution in [1.82, 2.24) is 10.6 Å². The summed E-state index contributed by atoms with van der Waals surface area (Å²) < 4.78 is 0. The molecule has 0 rings (SSSR count). The molecular formula is C7H18N2O. The smallest absolute Gasteiger partial charge is 0.0591 e. The van der Waals surface area contributed by atoms with Gasteiger partial charge in [-0.15, -0.1) is 5.17 Å². The SMILES string of the molecule is CON(NC(C)C)C(C)C. The van der Waals surface area contributed by atoms with E-state index >= 15 is 0 Å². The average molecular weight is 146 g/mol. The second-order valence-electron chi connectivity index (χ2n) is 2.89. The minimum atomic E-state index is 0.368. The molecule has 3 heteroatoms. The van der Waals surface area contributed by atoms with Crippen LogP contribution in [0.2, 0.25) is 0 Å². The fraction of sp³-hybridized carbons (Fsp3) is 1.00. The van der Waals surface area contributed by atoms with Gasteiger partial charge in [0.05, 0.1) is 7.11 Å². The molecule has 0 saturated heterocycles. The van der Waals surface area contributed by atoms with Crippen LogP contribution in [0.25, 0.3) is 0 Å². The Morgan fingerprint density at radius 3 is 1.80 bits per heavy atom. The molecule has 0 aromatic carbocycles. The van der Waals surface area contributed by atoms with Gasteiger partial charge >= 0.3 is 0 Å². The molecule has 10 heavy (non-hydrogen) atoms. The van der Waals surface area contributed by atoms with Crippen molar-refractivity contribution in [3.63, 3.8) is 0 Å². The Balaban J connectivity index is 3.60. The molecular weight excluding hydrogens is 128 g/mol. The van der Waals surface area contributed by atoms with E-state index in [4.69, 9.17) is 4.84 Å². The first kappa shape index (κ1) is 9.88.